The second kappa shape index (κ2) is 11.1. The van der Waals surface area contributed by atoms with Crippen molar-refractivity contribution in [3.63, 3.8) is 0 Å². The van der Waals surface area contributed by atoms with Crippen molar-refractivity contribution >= 4 is 34.9 Å². The van der Waals surface area contributed by atoms with Gasteiger partial charge in [-0.2, -0.15) is 0 Å². The number of hydrogen-bond donors (Lipinski definition) is 2. The fourth-order valence-electron chi connectivity index (χ4n) is 4.39. The third kappa shape index (κ3) is 5.68. The molecule has 1 aliphatic rings. The molecule has 0 bridgehead atoms. The SMILES string of the molecule is CCc1ccc(C)n(-c2ccc(NC(=O)[C@H]3C[C@@H](OC)CN3C(=O)Nc3ccc(Cl)cc3)c(F)c2)c1=O. The number of methoxy groups -OCH3 is 1. The van der Waals surface area contributed by atoms with Gasteiger partial charge < -0.3 is 20.3 Å². The van der Waals surface area contributed by atoms with Crippen LogP contribution >= 0.6 is 11.6 Å². The summed E-state index contributed by atoms with van der Waals surface area (Å²) in [5.74, 6) is -1.24. The molecule has 2 N–H and O–H groups in total. The molecule has 1 saturated heterocycles. The van der Waals surface area contributed by atoms with E-state index in [4.69, 9.17) is 16.3 Å². The lowest BCUT2D eigenvalue weighted by atomic mass is 10.1. The number of nitrogens with one attached hydrogen (secondary N) is 2. The maximum Gasteiger partial charge on any atom is 0.322 e. The van der Waals surface area contributed by atoms with Crippen molar-refractivity contribution < 1.29 is 18.7 Å². The quantitative estimate of drug-likeness (QED) is 0.484. The van der Waals surface area contributed by atoms with Gasteiger partial charge in [-0.1, -0.05) is 24.6 Å². The number of hydrogen-bond acceptors (Lipinski definition) is 4. The van der Waals surface area contributed by atoms with E-state index in [1.54, 1.807) is 43.3 Å². The summed E-state index contributed by atoms with van der Waals surface area (Å²) in [6, 6.07) is 13.0. The first-order valence-corrected chi connectivity index (χ1v) is 12.3. The molecule has 0 aliphatic carbocycles. The van der Waals surface area contributed by atoms with Crippen molar-refractivity contribution in [1.29, 1.82) is 0 Å². The molecule has 37 heavy (non-hydrogen) atoms. The predicted octanol–water partition coefficient (Wildman–Crippen LogP) is 4.76. The Balaban J connectivity index is 1.53. The molecule has 0 saturated carbocycles. The first-order chi connectivity index (χ1) is 17.7. The Kier molecular flexibility index (Phi) is 7.94. The highest BCUT2D eigenvalue weighted by atomic mass is 35.5. The van der Waals surface area contributed by atoms with Gasteiger partial charge in [0.1, 0.15) is 11.9 Å². The number of nitrogens with zero attached hydrogens (tertiary/aromatic N) is 2. The predicted molar refractivity (Wildman–Crippen MR) is 141 cm³/mol. The Morgan fingerprint density at radius 1 is 1.11 bits per heavy atom. The number of urea groups is 1. The second-order valence-corrected chi connectivity index (χ2v) is 9.28. The van der Waals surface area contributed by atoms with Crippen LogP contribution < -0.4 is 16.2 Å². The van der Waals surface area contributed by atoms with Gasteiger partial charge in [-0.25, -0.2) is 9.18 Å². The van der Waals surface area contributed by atoms with Crippen LogP contribution in [-0.2, 0) is 16.0 Å². The molecule has 2 aromatic carbocycles. The van der Waals surface area contributed by atoms with Gasteiger partial charge in [0.05, 0.1) is 17.5 Å². The summed E-state index contributed by atoms with van der Waals surface area (Å²) < 4.78 is 21.9. The molecular formula is C27H28ClFN4O4. The Hall–Kier alpha value is -3.69. The smallest absolute Gasteiger partial charge is 0.322 e. The molecule has 3 aromatic rings. The fraction of sp³-hybridized carbons (Fsp3) is 0.296. The monoisotopic (exact) mass is 526 g/mol. The minimum absolute atomic E-state index is 0.0509. The number of halogens is 2. The lowest BCUT2D eigenvalue weighted by molar-refractivity contribution is -0.119. The van der Waals surface area contributed by atoms with E-state index in [-0.39, 0.29) is 30.3 Å². The normalized spacial score (nSPS) is 17.1. The number of amides is 3. The molecule has 0 spiro atoms. The lowest BCUT2D eigenvalue weighted by Gasteiger charge is -2.24. The van der Waals surface area contributed by atoms with Crippen molar-refractivity contribution in [1.82, 2.24) is 9.47 Å². The summed E-state index contributed by atoms with van der Waals surface area (Å²) in [5.41, 5.74) is 1.90. The molecular weight excluding hydrogens is 499 g/mol. The molecule has 194 valence electrons. The summed E-state index contributed by atoms with van der Waals surface area (Å²) in [6.45, 7) is 3.85. The van der Waals surface area contributed by atoms with Gasteiger partial charge in [-0.3, -0.25) is 14.2 Å². The maximum atomic E-state index is 15.1. The highest BCUT2D eigenvalue weighted by molar-refractivity contribution is 6.30. The summed E-state index contributed by atoms with van der Waals surface area (Å²) in [5, 5.41) is 5.86. The van der Waals surface area contributed by atoms with Gasteiger partial charge in [0, 0.05) is 48.1 Å². The largest absolute Gasteiger partial charge is 0.380 e. The summed E-state index contributed by atoms with van der Waals surface area (Å²) in [4.78, 5) is 40.3. The molecule has 4 rings (SSSR count). The Morgan fingerprint density at radius 3 is 2.49 bits per heavy atom. The van der Waals surface area contributed by atoms with Gasteiger partial charge in [-0.05, 0) is 55.8 Å². The van der Waals surface area contributed by atoms with Gasteiger partial charge in [-0.15, -0.1) is 0 Å². The van der Waals surface area contributed by atoms with Gasteiger partial charge in [0.15, 0.2) is 0 Å². The number of anilines is 2. The Morgan fingerprint density at radius 2 is 1.84 bits per heavy atom. The topological polar surface area (TPSA) is 92.7 Å². The minimum Gasteiger partial charge on any atom is -0.380 e. The van der Waals surface area contributed by atoms with Crippen LogP contribution in [0.1, 0.15) is 24.6 Å². The van der Waals surface area contributed by atoms with Crippen LogP contribution in [0.15, 0.2) is 59.4 Å². The number of likely N-dealkylation sites (tertiary alicyclic amines) is 1. The van der Waals surface area contributed by atoms with E-state index >= 15 is 4.39 Å². The lowest BCUT2D eigenvalue weighted by Crippen LogP contribution is -2.45. The van der Waals surface area contributed by atoms with E-state index < -0.39 is 23.8 Å². The number of carbonyl (C=O) groups excluding carboxylic acids is 2. The molecule has 8 nitrogen and oxygen atoms in total. The van der Waals surface area contributed by atoms with E-state index in [0.29, 0.717) is 34.1 Å². The minimum atomic E-state index is -0.873. The molecule has 1 aliphatic heterocycles. The number of pyridine rings is 1. The number of ether oxygens (including phenoxy) is 1. The van der Waals surface area contributed by atoms with E-state index in [2.05, 4.69) is 10.6 Å². The van der Waals surface area contributed by atoms with Crippen LogP contribution in [0.25, 0.3) is 5.69 Å². The zero-order valence-corrected chi connectivity index (χ0v) is 21.5. The number of carbonyl (C=O) groups is 2. The third-order valence-corrected chi connectivity index (χ3v) is 6.71. The number of rotatable bonds is 6. The highest BCUT2D eigenvalue weighted by Gasteiger charge is 2.40. The van der Waals surface area contributed by atoms with Crippen molar-refractivity contribution in [3.8, 4) is 5.69 Å². The average Bonchev–Trinajstić information content (AvgIpc) is 3.32. The standard InChI is InChI=1S/C27H28ClFN4O4/c1-4-17-6-5-16(2)33(26(17)35)20-11-12-23(22(29)13-20)31-25(34)24-14-21(37-3)15-32(24)27(36)30-19-9-7-18(28)8-10-19/h5-13,21,24H,4,14-15H2,1-3H3,(H,30,36)(H,31,34)/t21-,24-/m1/s1. The molecule has 2 heterocycles. The molecule has 1 aromatic heterocycles. The number of benzene rings is 2. The van der Waals surface area contributed by atoms with Crippen molar-refractivity contribution in [2.75, 3.05) is 24.3 Å². The zero-order valence-electron chi connectivity index (χ0n) is 20.8. The van der Waals surface area contributed by atoms with Crippen LogP contribution in [0.3, 0.4) is 0 Å². The van der Waals surface area contributed by atoms with Crippen molar-refractivity contribution in [3.05, 3.63) is 87.0 Å². The van der Waals surface area contributed by atoms with E-state index in [9.17, 15) is 14.4 Å². The second-order valence-electron chi connectivity index (χ2n) is 8.85. The first-order valence-electron chi connectivity index (χ1n) is 11.9. The van der Waals surface area contributed by atoms with Crippen LogP contribution in [0.2, 0.25) is 5.02 Å². The van der Waals surface area contributed by atoms with Crippen LogP contribution in [0, 0.1) is 12.7 Å². The molecule has 10 heteroatoms. The molecule has 1 fully saturated rings. The maximum absolute atomic E-state index is 15.1. The molecule has 2 atom stereocenters. The van der Waals surface area contributed by atoms with Crippen LogP contribution in [0.5, 0.6) is 0 Å². The van der Waals surface area contributed by atoms with E-state index in [1.165, 1.54) is 28.7 Å². The summed E-state index contributed by atoms with van der Waals surface area (Å²) in [7, 11) is 1.51. The Labute approximate surface area is 219 Å². The molecule has 3 amide bonds. The third-order valence-electron chi connectivity index (χ3n) is 6.46. The molecule has 0 unspecified atom stereocenters. The zero-order chi connectivity index (χ0) is 26.7. The summed E-state index contributed by atoms with van der Waals surface area (Å²) >= 11 is 5.90. The van der Waals surface area contributed by atoms with Crippen LogP contribution in [0.4, 0.5) is 20.6 Å². The van der Waals surface area contributed by atoms with Gasteiger partial charge >= 0.3 is 6.03 Å². The first kappa shape index (κ1) is 26.4. The van der Waals surface area contributed by atoms with Crippen molar-refractivity contribution in [2.24, 2.45) is 0 Å². The number of aryl methyl sites for hydroxylation is 2. The number of aromatic nitrogens is 1. The van der Waals surface area contributed by atoms with Gasteiger partial charge in [0.2, 0.25) is 5.91 Å². The summed E-state index contributed by atoms with van der Waals surface area (Å²) in [6.07, 6.45) is 0.468. The van der Waals surface area contributed by atoms with E-state index in [0.717, 1.165) is 0 Å². The van der Waals surface area contributed by atoms with E-state index in [1.807, 2.05) is 13.0 Å². The fourth-order valence-corrected chi connectivity index (χ4v) is 4.52. The van der Waals surface area contributed by atoms with Gasteiger partial charge in [0.25, 0.3) is 5.56 Å². The average molecular weight is 527 g/mol. The highest BCUT2D eigenvalue weighted by Crippen LogP contribution is 2.25. The van der Waals surface area contributed by atoms with Crippen LogP contribution in [-0.4, -0.2) is 47.2 Å². The van der Waals surface area contributed by atoms with Crippen molar-refractivity contribution in [2.45, 2.75) is 38.8 Å². The molecule has 0 radical (unpaired) electrons. The Bertz CT molecular complexity index is 1380.